The largest absolute Gasteiger partial charge is 0.491 e. The first-order valence-corrected chi connectivity index (χ1v) is 8.16. The molecule has 2 aromatic carbocycles. The van der Waals surface area contributed by atoms with E-state index in [-0.39, 0.29) is 0 Å². The Bertz CT molecular complexity index is 805. The minimum absolute atomic E-state index is 0.419. The molecule has 1 heterocycles. The van der Waals surface area contributed by atoms with Gasteiger partial charge in [0.25, 0.3) is 0 Å². The molecule has 3 rings (SSSR count). The molecular weight excluding hydrogens is 342 g/mol. The molecule has 0 spiro atoms. The van der Waals surface area contributed by atoms with Gasteiger partial charge >= 0.3 is 0 Å². The third kappa shape index (κ3) is 4.95. The number of halogens is 1. The molecule has 7 heteroatoms. The number of benzene rings is 2. The molecule has 1 N–H and O–H groups in total. The van der Waals surface area contributed by atoms with Crippen LogP contribution in [0, 0.1) is 0 Å². The van der Waals surface area contributed by atoms with Crippen molar-refractivity contribution >= 4 is 17.3 Å². The van der Waals surface area contributed by atoms with Crippen LogP contribution in [-0.4, -0.2) is 30.5 Å². The van der Waals surface area contributed by atoms with Gasteiger partial charge in [0.05, 0.1) is 13.2 Å². The van der Waals surface area contributed by atoms with Crippen LogP contribution in [-0.2, 0) is 11.3 Å². The number of rotatable bonds is 8. The van der Waals surface area contributed by atoms with Gasteiger partial charge in [-0.25, -0.2) is 0 Å². The third-order valence-electron chi connectivity index (χ3n) is 3.40. The fourth-order valence-electron chi connectivity index (χ4n) is 2.16. The summed E-state index contributed by atoms with van der Waals surface area (Å²) in [4.78, 5) is 4.38. The number of methoxy groups -OCH3 is 1. The van der Waals surface area contributed by atoms with Crippen LogP contribution in [0.15, 0.2) is 53.1 Å². The monoisotopic (exact) mass is 359 g/mol. The van der Waals surface area contributed by atoms with Gasteiger partial charge in [-0.3, -0.25) is 0 Å². The van der Waals surface area contributed by atoms with Crippen LogP contribution in [0.25, 0.3) is 11.4 Å². The Kier molecular flexibility index (Phi) is 5.87. The highest BCUT2D eigenvalue weighted by Gasteiger charge is 2.08. The van der Waals surface area contributed by atoms with Crippen molar-refractivity contribution in [3.8, 4) is 17.1 Å². The summed E-state index contributed by atoms with van der Waals surface area (Å²) >= 11 is 5.88. The molecule has 0 saturated carbocycles. The average Bonchev–Trinajstić information content (AvgIpc) is 3.10. The Hall–Kier alpha value is -2.57. The van der Waals surface area contributed by atoms with E-state index in [0.717, 1.165) is 17.0 Å². The lowest BCUT2D eigenvalue weighted by atomic mass is 10.2. The number of nitrogens with zero attached hydrogens (tertiary/aromatic N) is 2. The maximum absolute atomic E-state index is 5.88. The van der Waals surface area contributed by atoms with Crippen molar-refractivity contribution in [3.63, 3.8) is 0 Å². The van der Waals surface area contributed by atoms with Crippen molar-refractivity contribution in [1.82, 2.24) is 10.1 Å². The third-order valence-corrected chi connectivity index (χ3v) is 3.66. The second kappa shape index (κ2) is 8.50. The first kappa shape index (κ1) is 17.3. The lowest BCUT2D eigenvalue weighted by Gasteiger charge is -2.08. The number of anilines is 1. The van der Waals surface area contributed by atoms with Gasteiger partial charge in [-0.2, -0.15) is 4.98 Å². The first-order valence-electron chi connectivity index (χ1n) is 7.79. The van der Waals surface area contributed by atoms with E-state index in [4.69, 9.17) is 25.6 Å². The van der Waals surface area contributed by atoms with Crippen molar-refractivity contribution in [3.05, 3.63) is 59.4 Å². The van der Waals surface area contributed by atoms with Gasteiger partial charge in [-0.05, 0) is 36.4 Å². The van der Waals surface area contributed by atoms with Crippen LogP contribution in [0.1, 0.15) is 5.89 Å². The number of nitrogens with one attached hydrogen (secondary N) is 1. The summed E-state index contributed by atoms with van der Waals surface area (Å²) in [6, 6.07) is 15.0. The number of ether oxygens (including phenoxy) is 2. The quantitative estimate of drug-likeness (QED) is 0.612. The Morgan fingerprint density at radius 2 is 1.96 bits per heavy atom. The molecule has 0 atom stereocenters. The van der Waals surface area contributed by atoms with E-state index >= 15 is 0 Å². The predicted octanol–water partition coefficient (Wildman–Crippen LogP) is 4.03. The summed E-state index contributed by atoms with van der Waals surface area (Å²) in [7, 11) is 1.64. The zero-order valence-electron chi connectivity index (χ0n) is 13.7. The Morgan fingerprint density at radius 1 is 1.12 bits per heavy atom. The highest BCUT2D eigenvalue weighted by Crippen LogP contribution is 2.20. The van der Waals surface area contributed by atoms with E-state index < -0.39 is 0 Å². The Balaban J connectivity index is 1.58. The number of hydrogen-bond donors (Lipinski definition) is 1. The fourth-order valence-corrected chi connectivity index (χ4v) is 2.29. The molecule has 0 aliphatic carbocycles. The molecule has 0 amide bonds. The maximum Gasteiger partial charge on any atom is 0.246 e. The summed E-state index contributed by atoms with van der Waals surface area (Å²) in [5.41, 5.74) is 1.76. The second-order valence-corrected chi connectivity index (χ2v) is 5.68. The van der Waals surface area contributed by atoms with Gasteiger partial charge in [-0.15, -0.1) is 0 Å². The Morgan fingerprint density at radius 3 is 2.76 bits per heavy atom. The van der Waals surface area contributed by atoms with Gasteiger partial charge in [0.15, 0.2) is 0 Å². The van der Waals surface area contributed by atoms with Crippen molar-refractivity contribution < 1.29 is 14.0 Å². The molecule has 0 aliphatic rings. The molecule has 0 bridgehead atoms. The highest BCUT2D eigenvalue weighted by molar-refractivity contribution is 6.30. The summed E-state index contributed by atoms with van der Waals surface area (Å²) in [6.07, 6.45) is 0. The minimum Gasteiger partial charge on any atom is -0.491 e. The molecule has 0 unspecified atom stereocenters. The summed E-state index contributed by atoms with van der Waals surface area (Å²) in [5.74, 6) is 1.80. The molecule has 1 aromatic heterocycles. The van der Waals surface area contributed by atoms with Crippen molar-refractivity contribution in [2.24, 2.45) is 0 Å². The van der Waals surface area contributed by atoms with E-state index in [9.17, 15) is 0 Å². The smallest absolute Gasteiger partial charge is 0.246 e. The summed E-state index contributed by atoms with van der Waals surface area (Å²) in [6.45, 7) is 1.48. The van der Waals surface area contributed by atoms with Crippen LogP contribution in [0.5, 0.6) is 5.75 Å². The van der Waals surface area contributed by atoms with Gasteiger partial charge < -0.3 is 19.3 Å². The molecule has 25 heavy (non-hydrogen) atoms. The van der Waals surface area contributed by atoms with Crippen LogP contribution in [0.2, 0.25) is 5.02 Å². The molecule has 6 nitrogen and oxygen atoms in total. The van der Waals surface area contributed by atoms with Gasteiger partial charge in [0.2, 0.25) is 11.7 Å². The molecule has 130 valence electrons. The van der Waals surface area contributed by atoms with Crippen molar-refractivity contribution in [2.75, 3.05) is 25.6 Å². The Labute approximate surface area is 150 Å². The van der Waals surface area contributed by atoms with Gasteiger partial charge in [0.1, 0.15) is 12.4 Å². The molecule has 0 aliphatic heterocycles. The van der Waals surface area contributed by atoms with Crippen LogP contribution in [0.3, 0.4) is 0 Å². The zero-order chi connectivity index (χ0) is 17.5. The van der Waals surface area contributed by atoms with Crippen molar-refractivity contribution in [2.45, 2.75) is 6.54 Å². The number of hydrogen-bond acceptors (Lipinski definition) is 6. The average molecular weight is 360 g/mol. The lowest BCUT2D eigenvalue weighted by Crippen LogP contribution is -2.05. The lowest BCUT2D eigenvalue weighted by molar-refractivity contribution is 0.146. The normalized spacial score (nSPS) is 10.6. The van der Waals surface area contributed by atoms with E-state index in [1.807, 2.05) is 36.4 Å². The SMILES string of the molecule is COCCOc1cccc(NCc2nc(-c3ccc(Cl)cc3)no2)c1. The van der Waals surface area contributed by atoms with Gasteiger partial charge in [-0.1, -0.05) is 22.8 Å². The number of aromatic nitrogens is 2. The van der Waals surface area contributed by atoms with E-state index in [1.165, 1.54) is 0 Å². The zero-order valence-corrected chi connectivity index (χ0v) is 14.5. The van der Waals surface area contributed by atoms with E-state index in [1.54, 1.807) is 19.2 Å². The summed E-state index contributed by atoms with van der Waals surface area (Å²) in [5, 5.41) is 7.89. The van der Waals surface area contributed by atoms with Crippen LogP contribution >= 0.6 is 11.6 Å². The fraction of sp³-hybridized carbons (Fsp3) is 0.222. The molecular formula is C18H18ClN3O3. The molecule has 0 saturated heterocycles. The topological polar surface area (TPSA) is 69.4 Å². The van der Waals surface area contributed by atoms with Crippen LogP contribution < -0.4 is 10.1 Å². The highest BCUT2D eigenvalue weighted by atomic mass is 35.5. The maximum atomic E-state index is 5.88. The second-order valence-electron chi connectivity index (χ2n) is 5.24. The molecule has 3 aromatic rings. The van der Waals surface area contributed by atoms with E-state index in [2.05, 4.69) is 15.5 Å². The standard InChI is InChI=1S/C18H18ClN3O3/c1-23-9-10-24-16-4-2-3-15(11-16)20-12-17-21-18(22-25-17)13-5-7-14(19)8-6-13/h2-8,11,20H,9-10,12H2,1H3. The van der Waals surface area contributed by atoms with E-state index in [0.29, 0.717) is 36.5 Å². The first-order chi connectivity index (χ1) is 12.2. The predicted molar refractivity (Wildman–Crippen MR) is 95.9 cm³/mol. The minimum atomic E-state index is 0.419. The van der Waals surface area contributed by atoms with Crippen LogP contribution in [0.4, 0.5) is 5.69 Å². The molecule has 0 radical (unpaired) electrons. The van der Waals surface area contributed by atoms with Gasteiger partial charge in [0, 0.05) is 29.4 Å². The summed E-state index contributed by atoms with van der Waals surface area (Å²) < 4.78 is 15.8. The molecule has 0 fully saturated rings. The van der Waals surface area contributed by atoms with Crippen molar-refractivity contribution in [1.29, 1.82) is 0 Å².